The third-order valence-corrected chi connectivity index (χ3v) is 5.89. The van der Waals surface area contributed by atoms with Crippen LogP contribution >= 0.6 is 0 Å². The number of carbonyl (C=O) groups is 1. The summed E-state index contributed by atoms with van der Waals surface area (Å²) in [5.41, 5.74) is 4.48. The molecule has 2 heterocycles. The van der Waals surface area contributed by atoms with Gasteiger partial charge < -0.3 is 23.9 Å². The van der Waals surface area contributed by atoms with E-state index in [-0.39, 0.29) is 12.4 Å². The van der Waals surface area contributed by atoms with Crippen LogP contribution in [0.3, 0.4) is 0 Å². The van der Waals surface area contributed by atoms with Gasteiger partial charge in [0.2, 0.25) is 5.88 Å². The monoisotopic (exact) mass is 476 g/mol. The SMILES string of the molecule is CCOC(=O)CC1OB(O)c2cc(Oc3ccnc(CCc4cc(C)ccc4OC)n3)cc(C)c21. The van der Waals surface area contributed by atoms with Crippen molar-refractivity contribution < 1.29 is 28.7 Å². The van der Waals surface area contributed by atoms with Crippen LogP contribution in [0.1, 0.15) is 47.5 Å². The van der Waals surface area contributed by atoms with E-state index in [1.54, 1.807) is 32.4 Å². The second kappa shape index (κ2) is 10.9. The van der Waals surface area contributed by atoms with E-state index in [1.807, 2.05) is 32.0 Å². The van der Waals surface area contributed by atoms with E-state index >= 15 is 0 Å². The fraction of sp³-hybridized carbons (Fsp3) is 0.346. The maximum absolute atomic E-state index is 11.9. The summed E-state index contributed by atoms with van der Waals surface area (Å²) in [5, 5.41) is 10.4. The first kappa shape index (κ1) is 24.7. The van der Waals surface area contributed by atoms with Crippen molar-refractivity contribution in [3.8, 4) is 17.4 Å². The molecule has 1 aliphatic heterocycles. The highest BCUT2D eigenvalue weighted by molar-refractivity contribution is 6.62. The minimum atomic E-state index is -1.14. The second-order valence-corrected chi connectivity index (χ2v) is 8.46. The van der Waals surface area contributed by atoms with E-state index in [0.29, 0.717) is 35.9 Å². The number of benzene rings is 2. The molecule has 3 aromatic rings. The van der Waals surface area contributed by atoms with Gasteiger partial charge in [0, 0.05) is 18.7 Å². The van der Waals surface area contributed by atoms with Crippen LogP contribution in [0.15, 0.2) is 42.6 Å². The molecule has 1 atom stereocenters. The highest BCUT2D eigenvalue weighted by Crippen LogP contribution is 2.33. The molecular weight excluding hydrogens is 447 g/mol. The van der Waals surface area contributed by atoms with Gasteiger partial charge in [0.1, 0.15) is 17.3 Å². The number of methoxy groups -OCH3 is 1. The number of fused-ring (bicyclic) bond motifs is 1. The molecule has 0 spiro atoms. The van der Waals surface area contributed by atoms with Crippen LogP contribution in [-0.4, -0.2) is 41.8 Å². The van der Waals surface area contributed by atoms with Crippen LogP contribution in [0.4, 0.5) is 0 Å². The van der Waals surface area contributed by atoms with E-state index in [0.717, 1.165) is 28.9 Å². The number of aromatic nitrogens is 2. The number of hydrogen-bond acceptors (Lipinski definition) is 8. The summed E-state index contributed by atoms with van der Waals surface area (Å²) in [7, 11) is 0.524. The minimum Gasteiger partial charge on any atom is -0.496 e. The summed E-state index contributed by atoms with van der Waals surface area (Å²) < 4.78 is 22.1. The molecule has 1 aromatic heterocycles. The lowest BCUT2D eigenvalue weighted by molar-refractivity contribution is -0.145. The van der Waals surface area contributed by atoms with Gasteiger partial charge >= 0.3 is 13.1 Å². The van der Waals surface area contributed by atoms with Gasteiger partial charge in [-0.2, -0.15) is 4.98 Å². The van der Waals surface area contributed by atoms with Crippen LogP contribution in [0.2, 0.25) is 0 Å². The first-order chi connectivity index (χ1) is 16.9. The molecule has 1 aliphatic rings. The predicted molar refractivity (Wildman–Crippen MR) is 131 cm³/mol. The second-order valence-electron chi connectivity index (χ2n) is 8.46. The van der Waals surface area contributed by atoms with Crippen molar-refractivity contribution >= 4 is 18.6 Å². The van der Waals surface area contributed by atoms with Crippen LogP contribution < -0.4 is 14.9 Å². The Morgan fingerprint density at radius 2 is 2.00 bits per heavy atom. The molecule has 35 heavy (non-hydrogen) atoms. The van der Waals surface area contributed by atoms with E-state index in [9.17, 15) is 9.82 Å². The summed E-state index contributed by atoms with van der Waals surface area (Å²) in [6, 6.07) is 11.4. The number of aryl methyl sites for hydroxylation is 4. The zero-order valence-corrected chi connectivity index (χ0v) is 20.4. The molecule has 4 rings (SSSR count). The summed E-state index contributed by atoms with van der Waals surface area (Å²) in [5.74, 6) is 2.06. The van der Waals surface area contributed by atoms with Crippen LogP contribution in [0.25, 0.3) is 0 Å². The van der Waals surface area contributed by atoms with Crippen LogP contribution in [0.5, 0.6) is 17.4 Å². The molecule has 0 radical (unpaired) electrons. The lowest BCUT2D eigenvalue weighted by atomic mass is 9.77. The van der Waals surface area contributed by atoms with Crippen LogP contribution in [0, 0.1) is 13.8 Å². The van der Waals surface area contributed by atoms with Gasteiger partial charge in [0.25, 0.3) is 0 Å². The number of carbonyl (C=O) groups excluding carboxylic acids is 1. The average molecular weight is 476 g/mol. The fourth-order valence-corrected chi connectivity index (χ4v) is 4.34. The first-order valence-electron chi connectivity index (χ1n) is 11.6. The first-order valence-corrected chi connectivity index (χ1v) is 11.6. The summed E-state index contributed by atoms with van der Waals surface area (Å²) in [6.07, 6.45) is 2.51. The molecule has 2 aromatic carbocycles. The molecule has 0 bridgehead atoms. The largest absolute Gasteiger partial charge is 0.496 e. The smallest absolute Gasteiger partial charge is 0.492 e. The Balaban J connectivity index is 1.48. The number of nitrogens with zero attached hydrogens (tertiary/aromatic N) is 2. The van der Waals surface area contributed by atoms with Gasteiger partial charge in [0.05, 0.1) is 26.2 Å². The standard InChI is InChI=1S/C26H29BN2O6/c1-5-33-25(30)15-22-26-17(3)13-19(14-20(26)27(31)35-22)34-24-10-11-28-23(29-24)9-7-18-12-16(2)6-8-21(18)32-4/h6,8,10-14,22,31H,5,7,9,15H2,1-4H3. The summed E-state index contributed by atoms with van der Waals surface area (Å²) in [6.45, 7) is 5.99. The maximum atomic E-state index is 11.9. The van der Waals surface area contributed by atoms with Gasteiger partial charge in [-0.1, -0.05) is 17.7 Å². The van der Waals surface area contributed by atoms with Crippen molar-refractivity contribution in [2.75, 3.05) is 13.7 Å². The normalized spacial score (nSPS) is 14.5. The van der Waals surface area contributed by atoms with Crippen molar-refractivity contribution in [1.82, 2.24) is 9.97 Å². The molecule has 8 nitrogen and oxygen atoms in total. The summed E-state index contributed by atoms with van der Waals surface area (Å²) >= 11 is 0. The molecule has 1 unspecified atom stereocenters. The maximum Gasteiger partial charge on any atom is 0.492 e. The molecule has 0 fully saturated rings. The van der Waals surface area contributed by atoms with Crippen molar-refractivity contribution in [3.05, 3.63) is 70.7 Å². The Labute approximate surface area is 205 Å². The number of ether oxygens (including phenoxy) is 3. The van der Waals surface area contributed by atoms with Gasteiger partial charge in [-0.25, -0.2) is 4.98 Å². The molecule has 0 saturated heterocycles. The number of rotatable bonds is 9. The van der Waals surface area contributed by atoms with E-state index in [4.69, 9.17) is 18.9 Å². The van der Waals surface area contributed by atoms with Gasteiger partial charge in [-0.05, 0) is 67.5 Å². The minimum absolute atomic E-state index is 0.0416. The molecular formula is C26H29BN2O6. The number of esters is 1. The molecule has 0 saturated carbocycles. The highest BCUT2D eigenvalue weighted by Gasteiger charge is 2.38. The van der Waals surface area contributed by atoms with Gasteiger partial charge in [0.15, 0.2) is 0 Å². The predicted octanol–water partition coefficient (Wildman–Crippen LogP) is 3.39. The average Bonchev–Trinajstić information content (AvgIpc) is 3.13. The Kier molecular flexibility index (Phi) is 7.68. The quantitative estimate of drug-likeness (QED) is 0.371. The van der Waals surface area contributed by atoms with E-state index in [2.05, 4.69) is 16.0 Å². The lowest BCUT2D eigenvalue weighted by Gasteiger charge is -2.14. The van der Waals surface area contributed by atoms with Crippen molar-refractivity contribution in [2.45, 2.75) is 46.1 Å². The Morgan fingerprint density at radius 3 is 2.77 bits per heavy atom. The molecule has 0 amide bonds. The van der Waals surface area contributed by atoms with Gasteiger partial charge in [-0.3, -0.25) is 4.79 Å². The topological polar surface area (TPSA) is 100 Å². The zero-order valence-electron chi connectivity index (χ0n) is 20.4. The van der Waals surface area contributed by atoms with Crippen molar-refractivity contribution in [2.24, 2.45) is 0 Å². The van der Waals surface area contributed by atoms with E-state index < -0.39 is 13.2 Å². The number of hydrogen-bond donors (Lipinski definition) is 1. The molecule has 9 heteroatoms. The summed E-state index contributed by atoms with van der Waals surface area (Å²) in [4.78, 5) is 20.9. The Hall–Kier alpha value is -3.43. The zero-order chi connectivity index (χ0) is 24.9. The Bertz CT molecular complexity index is 1220. The van der Waals surface area contributed by atoms with E-state index in [1.165, 1.54) is 5.56 Å². The van der Waals surface area contributed by atoms with Crippen LogP contribution in [-0.2, 0) is 27.0 Å². The highest BCUT2D eigenvalue weighted by atomic mass is 16.5. The van der Waals surface area contributed by atoms with Crippen molar-refractivity contribution in [1.29, 1.82) is 0 Å². The lowest BCUT2D eigenvalue weighted by Crippen LogP contribution is -2.28. The van der Waals surface area contributed by atoms with Crippen molar-refractivity contribution in [3.63, 3.8) is 0 Å². The Morgan fingerprint density at radius 1 is 1.17 bits per heavy atom. The van der Waals surface area contributed by atoms with Gasteiger partial charge in [-0.15, -0.1) is 0 Å². The fourth-order valence-electron chi connectivity index (χ4n) is 4.34. The molecule has 0 aliphatic carbocycles. The third-order valence-electron chi connectivity index (χ3n) is 5.89. The third kappa shape index (κ3) is 5.81. The molecule has 182 valence electrons. The molecule has 1 N–H and O–H groups in total.